The topological polar surface area (TPSA) is 79.7 Å². The molecule has 8 heteroatoms. The molecule has 1 aliphatic heterocycles. The van der Waals surface area contributed by atoms with Crippen molar-refractivity contribution in [2.45, 2.75) is 33.5 Å². The highest BCUT2D eigenvalue weighted by atomic mass is 32.1. The zero-order valence-corrected chi connectivity index (χ0v) is 19.8. The van der Waals surface area contributed by atoms with Crippen LogP contribution in [0.15, 0.2) is 64.0 Å². The molecule has 2 N–H and O–H groups in total. The normalized spacial score (nSPS) is 12.2. The third-order valence-corrected chi connectivity index (χ3v) is 6.24. The Morgan fingerprint density at radius 2 is 1.94 bits per heavy atom. The van der Waals surface area contributed by atoms with Crippen molar-refractivity contribution >= 4 is 28.2 Å². The number of aromatic amines is 1. The van der Waals surface area contributed by atoms with E-state index in [4.69, 9.17) is 26.1 Å². The lowest BCUT2D eigenvalue weighted by molar-refractivity contribution is 0.174. The lowest BCUT2D eigenvalue weighted by atomic mass is 10.0. The van der Waals surface area contributed by atoms with Gasteiger partial charge in [-0.05, 0) is 79.2 Å². The number of furan rings is 1. The first kappa shape index (κ1) is 22.0. The van der Waals surface area contributed by atoms with E-state index in [1.54, 1.807) is 6.26 Å². The van der Waals surface area contributed by atoms with Crippen LogP contribution in [0.5, 0.6) is 11.5 Å². The number of pyridine rings is 1. The molecule has 0 bridgehead atoms. The van der Waals surface area contributed by atoms with Crippen molar-refractivity contribution in [3.8, 4) is 11.5 Å². The SMILES string of the molecule is Cc1cc(C)c2cc(CN(Cc3ccc4c(c3)OCO4)C(=S)NCc3ccco3)c(=O)[nH]c2c1. The molecule has 1 aliphatic rings. The summed E-state index contributed by atoms with van der Waals surface area (Å²) in [7, 11) is 0. The number of nitrogens with zero attached hydrogens (tertiary/aromatic N) is 1. The van der Waals surface area contributed by atoms with E-state index in [9.17, 15) is 4.79 Å². The Kier molecular flexibility index (Phi) is 5.98. The lowest BCUT2D eigenvalue weighted by Gasteiger charge is -2.26. The number of hydrogen-bond acceptors (Lipinski definition) is 5. The Morgan fingerprint density at radius 3 is 2.76 bits per heavy atom. The Labute approximate surface area is 202 Å². The summed E-state index contributed by atoms with van der Waals surface area (Å²) in [6.45, 7) is 5.58. The predicted octanol–water partition coefficient (Wildman–Crippen LogP) is 4.54. The zero-order valence-electron chi connectivity index (χ0n) is 19.0. The fourth-order valence-corrected chi connectivity index (χ4v) is 4.39. The van der Waals surface area contributed by atoms with Crippen molar-refractivity contribution in [2.24, 2.45) is 0 Å². The van der Waals surface area contributed by atoms with Gasteiger partial charge in [0.05, 0.1) is 19.4 Å². The van der Waals surface area contributed by atoms with E-state index >= 15 is 0 Å². The van der Waals surface area contributed by atoms with Crippen LogP contribution in [0.1, 0.15) is 28.0 Å². The molecule has 174 valence electrons. The number of thiocarbonyl (C=S) groups is 1. The number of H-pyrrole nitrogens is 1. The van der Waals surface area contributed by atoms with Crippen molar-refractivity contribution in [3.05, 3.63) is 93.2 Å². The maximum absolute atomic E-state index is 13.0. The predicted molar refractivity (Wildman–Crippen MR) is 134 cm³/mol. The summed E-state index contributed by atoms with van der Waals surface area (Å²) in [5.74, 6) is 2.21. The molecule has 0 saturated heterocycles. The molecule has 0 unspecified atom stereocenters. The van der Waals surface area contributed by atoms with Gasteiger partial charge in [-0.15, -0.1) is 0 Å². The average Bonchev–Trinajstić information content (AvgIpc) is 3.49. The first-order chi connectivity index (χ1) is 16.5. The van der Waals surface area contributed by atoms with Gasteiger partial charge >= 0.3 is 0 Å². The molecule has 7 nitrogen and oxygen atoms in total. The van der Waals surface area contributed by atoms with Crippen LogP contribution in [-0.4, -0.2) is 21.8 Å². The summed E-state index contributed by atoms with van der Waals surface area (Å²) in [6.07, 6.45) is 1.63. The number of ether oxygens (including phenoxy) is 2. The molecule has 2 aromatic heterocycles. The molecule has 34 heavy (non-hydrogen) atoms. The summed E-state index contributed by atoms with van der Waals surface area (Å²) in [5.41, 5.74) is 4.58. The first-order valence-corrected chi connectivity index (χ1v) is 11.4. The average molecular weight is 476 g/mol. The second kappa shape index (κ2) is 9.23. The van der Waals surface area contributed by atoms with Crippen LogP contribution in [0.4, 0.5) is 0 Å². The molecule has 5 rings (SSSR count). The number of rotatable bonds is 6. The van der Waals surface area contributed by atoms with Crippen molar-refractivity contribution in [2.75, 3.05) is 6.79 Å². The van der Waals surface area contributed by atoms with Gasteiger partial charge in [0.1, 0.15) is 5.76 Å². The van der Waals surface area contributed by atoms with Gasteiger partial charge in [0.15, 0.2) is 16.6 Å². The van der Waals surface area contributed by atoms with Gasteiger partial charge in [0.2, 0.25) is 6.79 Å². The number of nitrogens with one attached hydrogen (secondary N) is 2. The second-order valence-corrected chi connectivity index (χ2v) is 8.84. The summed E-state index contributed by atoms with van der Waals surface area (Å²) >= 11 is 5.73. The maximum Gasteiger partial charge on any atom is 0.253 e. The zero-order chi connectivity index (χ0) is 23.7. The van der Waals surface area contributed by atoms with E-state index < -0.39 is 0 Å². The summed E-state index contributed by atoms with van der Waals surface area (Å²) in [5, 5.41) is 4.80. The number of hydrogen-bond donors (Lipinski definition) is 2. The smallest absolute Gasteiger partial charge is 0.253 e. The Bertz CT molecular complexity index is 1410. The van der Waals surface area contributed by atoms with E-state index in [2.05, 4.69) is 23.3 Å². The standard InChI is InChI=1S/C26H25N3O4S/c1-16-8-17(2)21-11-19(25(30)28-22(21)9-16)14-29(26(34)27-12-20-4-3-7-31-20)13-18-5-6-23-24(10-18)33-15-32-23/h3-11H,12-15H2,1-2H3,(H,27,34)(H,28,30). The van der Waals surface area contributed by atoms with E-state index in [1.807, 2.05) is 54.3 Å². The minimum atomic E-state index is -0.123. The molecule has 3 heterocycles. The lowest BCUT2D eigenvalue weighted by Crippen LogP contribution is -2.39. The van der Waals surface area contributed by atoms with Crippen molar-refractivity contribution in [1.82, 2.24) is 15.2 Å². The Morgan fingerprint density at radius 1 is 1.09 bits per heavy atom. The summed E-state index contributed by atoms with van der Waals surface area (Å²) in [4.78, 5) is 18.0. The number of aryl methyl sites for hydroxylation is 2. The van der Waals surface area contributed by atoms with Crippen LogP contribution in [0.3, 0.4) is 0 Å². The van der Waals surface area contributed by atoms with Crippen LogP contribution in [0, 0.1) is 13.8 Å². The fraction of sp³-hybridized carbons (Fsp3) is 0.231. The maximum atomic E-state index is 13.0. The molecule has 0 atom stereocenters. The summed E-state index contributed by atoms with van der Waals surface area (Å²) < 4.78 is 16.4. The molecule has 0 radical (unpaired) electrons. The number of benzene rings is 2. The number of fused-ring (bicyclic) bond motifs is 2. The minimum absolute atomic E-state index is 0.123. The third kappa shape index (κ3) is 4.63. The molecular weight excluding hydrogens is 450 g/mol. The molecule has 2 aromatic carbocycles. The third-order valence-electron chi connectivity index (χ3n) is 5.84. The largest absolute Gasteiger partial charge is 0.467 e. The quantitative estimate of drug-likeness (QED) is 0.396. The van der Waals surface area contributed by atoms with Crippen LogP contribution < -0.4 is 20.3 Å². The second-order valence-electron chi connectivity index (χ2n) is 8.45. The monoisotopic (exact) mass is 475 g/mol. The van der Waals surface area contributed by atoms with E-state index in [1.165, 1.54) is 0 Å². The van der Waals surface area contributed by atoms with Gasteiger partial charge in [-0.1, -0.05) is 12.1 Å². The van der Waals surface area contributed by atoms with E-state index in [0.29, 0.717) is 36.1 Å². The van der Waals surface area contributed by atoms with Crippen LogP contribution >= 0.6 is 12.2 Å². The van der Waals surface area contributed by atoms with Gasteiger partial charge in [-0.3, -0.25) is 4.79 Å². The van der Waals surface area contributed by atoms with E-state index in [-0.39, 0.29) is 12.4 Å². The van der Waals surface area contributed by atoms with E-state index in [0.717, 1.165) is 39.1 Å². The van der Waals surface area contributed by atoms with Crippen LogP contribution in [-0.2, 0) is 19.6 Å². The molecule has 0 fully saturated rings. The Hall–Kier alpha value is -3.78. The van der Waals surface area contributed by atoms with Crippen molar-refractivity contribution in [1.29, 1.82) is 0 Å². The van der Waals surface area contributed by atoms with Crippen molar-refractivity contribution in [3.63, 3.8) is 0 Å². The van der Waals surface area contributed by atoms with Gasteiger partial charge in [0, 0.05) is 23.0 Å². The highest BCUT2D eigenvalue weighted by Crippen LogP contribution is 2.33. The van der Waals surface area contributed by atoms with Crippen molar-refractivity contribution < 1.29 is 13.9 Å². The summed E-state index contributed by atoms with van der Waals surface area (Å²) in [6, 6.07) is 15.6. The van der Waals surface area contributed by atoms with Gasteiger partial charge < -0.3 is 29.1 Å². The van der Waals surface area contributed by atoms with Gasteiger partial charge in [-0.25, -0.2) is 0 Å². The first-order valence-electron chi connectivity index (χ1n) is 11.0. The number of aromatic nitrogens is 1. The molecule has 4 aromatic rings. The molecular formula is C26H25N3O4S. The fourth-order valence-electron chi connectivity index (χ4n) is 4.19. The van der Waals surface area contributed by atoms with Crippen LogP contribution in [0.25, 0.3) is 10.9 Å². The van der Waals surface area contributed by atoms with Crippen LogP contribution in [0.2, 0.25) is 0 Å². The molecule has 0 spiro atoms. The highest BCUT2D eigenvalue weighted by molar-refractivity contribution is 7.80. The molecule has 0 saturated carbocycles. The van der Waals surface area contributed by atoms with Gasteiger partial charge in [-0.2, -0.15) is 0 Å². The van der Waals surface area contributed by atoms with Gasteiger partial charge in [0.25, 0.3) is 5.56 Å². The minimum Gasteiger partial charge on any atom is -0.467 e. The molecule has 0 amide bonds. The Balaban J connectivity index is 1.44. The molecule has 0 aliphatic carbocycles. The highest BCUT2D eigenvalue weighted by Gasteiger charge is 2.18.